The van der Waals surface area contributed by atoms with Crippen LogP contribution in [-0.4, -0.2) is 36.8 Å². The standard InChI is InChI=1S/C21H22ClN3O4/c1-25-10-9-23-20(25)18(14-7-5-6-8-16(14)27-2)24-21(26)13-11-15(22)19(29-4)17(12-13)28-3/h5-12,18H,1-4H3,(H,24,26). The number of carbonyl (C=O) groups excluding carboxylic acids is 1. The van der Waals surface area contributed by atoms with Crippen molar-refractivity contribution in [2.45, 2.75) is 6.04 Å². The molecule has 0 saturated heterocycles. The quantitative estimate of drug-likeness (QED) is 0.638. The molecule has 0 radical (unpaired) electrons. The molecule has 8 heteroatoms. The number of hydrogen-bond donors (Lipinski definition) is 1. The molecule has 0 aliphatic heterocycles. The fourth-order valence-electron chi connectivity index (χ4n) is 3.11. The summed E-state index contributed by atoms with van der Waals surface area (Å²) in [7, 11) is 6.43. The average molecular weight is 416 g/mol. The van der Waals surface area contributed by atoms with Crippen LogP contribution >= 0.6 is 11.6 Å². The Morgan fingerprint density at radius 3 is 2.45 bits per heavy atom. The predicted octanol–water partition coefficient (Wildman–Crippen LogP) is 3.62. The number of aryl methyl sites for hydroxylation is 1. The maximum atomic E-state index is 13.1. The summed E-state index contributed by atoms with van der Waals surface area (Å²) in [5.74, 6) is 1.71. The molecular weight excluding hydrogens is 394 g/mol. The summed E-state index contributed by atoms with van der Waals surface area (Å²) in [5.41, 5.74) is 1.12. The average Bonchev–Trinajstić information content (AvgIpc) is 3.16. The van der Waals surface area contributed by atoms with E-state index < -0.39 is 6.04 Å². The van der Waals surface area contributed by atoms with Gasteiger partial charge < -0.3 is 24.1 Å². The maximum Gasteiger partial charge on any atom is 0.252 e. The van der Waals surface area contributed by atoms with E-state index in [4.69, 9.17) is 25.8 Å². The van der Waals surface area contributed by atoms with Crippen molar-refractivity contribution in [2.75, 3.05) is 21.3 Å². The van der Waals surface area contributed by atoms with Crippen LogP contribution in [0.3, 0.4) is 0 Å². The zero-order valence-corrected chi connectivity index (χ0v) is 17.4. The highest BCUT2D eigenvalue weighted by Crippen LogP contribution is 2.36. The molecule has 1 unspecified atom stereocenters. The van der Waals surface area contributed by atoms with Gasteiger partial charge in [-0.05, 0) is 18.2 Å². The van der Waals surface area contributed by atoms with Crippen molar-refractivity contribution in [3.05, 3.63) is 70.8 Å². The number of rotatable bonds is 7. The number of nitrogens with zero attached hydrogens (tertiary/aromatic N) is 2. The largest absolute Gasteiger partial charge is 0.496 e. The Morgan fingerprint density at radius 2 is 1.83 bits per heavy atom. The molecule has 0 aliphatic carbocycles. The lowest BCUT2D eigenvalue weighted by molar-refractivity contribution is 0.0940. The molecule has 0 fully saturated rings. The lowest BCUT2D eigenvalue weighted by Crippen LogP contribution is -2.31. The van der Waals surface area contributed by atoms with E-state index in [2.05, 4.69) is 10.3 Å². The van der Waals surface area contributed by atoms with Gasteiger partial charge in [-0.15, -0.1) is 0 Å². The number of imidazole rings is 1. The van der Waals surface area contributed by atoms with Crippen LogP contribution in [-0.2, 0) is 7.05 Å². The summed E-state index contributed by atoms with van der Waals surface area (Å²) in [5, 5.41) is 3.31. The van der Waals surface area contributed by atoms with Gasteiger partial charge in [0, 0.05) is 30.6 Å². The molecule has 152 valence electrons. The van der Waals surface area contributed by atoms with Crippen LogP contribution in [0.1, 0.15) is 27.8 Å². The zero-order chi connectivity index (χ0) is 21.0. The van der Waals surface area contributed by atoms with Crippen molar-refractivity contribution in [3.63, 3.8) is 0 Å². The number of methoxy groups -OCH3 is 3. The van der Waals surface area contributed by atoms with E-state index in [9.17, 15) is 4.79 Å². The third-order valence-corrected chi connectivity index (χ3v) is 4.82. The second-order valence-corrected chi connectivity index (χ2v) is 6.65. The smallest absolute Gasteiger partial charge is 0.252 e. The summed E-state index contributed by atoms with van der Waals surface area (Å²) >= 11 is 6.26. The minimum atomic E-state index is -0.537. The first kappa shape index (κ1) is 20.5. The Morgan fingerprint density at radius 1 is 1.10 bits per heavy atom. The minimum Gasteiger partial charge on any atom is -0.496 e. The van der Waals surface area contributed by atoms with Gasteiger partial charge in [-0.25, -0.2) is 4.98 Å². The number of aromatic nitrogens is 2. The van der Waals surface area contributed by atoms with Gasteiger partial charge >= 0.3 is 0 Å². The van der Waals surface area contributed by atoms with E-state index >= 15 is 0 Å². The van der Waals surface area contributed by atoms with Crippen LogP contribution in [0.25, 0.3) is 0 Å². The molecule has 1 heterocycles. The molecule has 0 spiro atoms. The van der Waals surface area contributed by atoms with Crippen molar-refractivity contribution in [1.82, 2.24) is 14.9 Å². The first-order valence-corrected chi connectivity index (χ1v) is 9.20. The van der Waals surface area contributed by atoms with E-state index in [1.54, 1.807) is 19.4 Å². The van der Waals surface area contributed by atoms with Crippen LogP contribution in [0.2, 0.25) is 5.02 Å². The molecule has 1 N–H and O–H groups in total. The Bertz CT molecular complexity index is 1020. The topological polar surface area (TPSA) is 74.6 Å². The number of hydrogen-bond acceptors (Lipinski definition) is 5. The molecule has 3 aromatic rings. The van der Waals surface area contributed by atoms with Crippen LogP contribution in [0.5, 0.6) is 17.2 Å². The summed E-state index contributed by atoms with van der Waals surface area (Å²) in [6.07, 6.45) is 3.49. The number of para-hydroxylation sites is 1. The Hall–Kier alpha value is -3.19. The van der Waals surface area contributed by atoms with Crippen molar-refractivity contribution < 1.29 is 19.0 Å². The predicted molar refractivity (Wildman–Crippen MR) is 110 cm³/mol. The molecule has 0 bridgehead atoms. The molecular formula is C21H22ClN3O4. The minimum absolute atomic E-state index is 0.280. The Kier molecular flexibility index (Phi) is 6.29. The summed E-state index contributed by atoms with van der Waals surface area (Å²) in [6, 6.07) is 10.1. The third kappa shape index (κ3) is 4.14. The normalized spacial score (nSPS) is 11.6. The molecule has 1 aromatic heterocycles. The van der Waals surface area contributed by atoms with Gasteiger partial charge in [0.2, 0.25) is 0 Å². The highest BCUT2D eigenvalue weighted by atomic mass is 35.5. The monoisotopic (exact) mass is 415 g/mol. The van der Waals surface area contributed by atoms with Crippen LogP contribution in [0.15, 0.2) is 48.8 Å². The van der Waals surface area contributed by atoms with Gasteiger partial charge in [-0.2, -0.15) is 0 Å². The Balaban J connectivity index is 2.02. The van der Waals surface area contributed by atoms with E-state index in [1.165, 1.54) is 20.3 Å². The van der Waals surface area contributed by atoms with Crippen LogP contribution in [0.4, 0.5) is 0 Å². The lowest BCUT2D eigenvalue weighted by atomic mass is 10.0. The van der Waals surface area contributed by atoms with E-state index in [-0.39, 0.29) is 10.9 Å². The highest BCUT2D eigenvalue weighted by Gasteiger charge is 2.25. The number of ether oxygens (including phenoxy) is 3. The summed E-state index contributed by atoms with van der Waals surface area (Å²) in [6.45, 7) is 0. The molecule has 7 nitrogen and oxygen atoms in total. The number of carbonyl (C=O) groups is 1. The molecule has 3 rings (SSSR count). The summed E-state index contributed by atoms with van der Waals surface area (Å²) < 4.78 is 17.9. The van der Waals surface area contributed by atoms with Gasteiger partial charge in [0.1, 0.15) is 17.6 Å². The SMILES string of the molecule is COc1ccccc1C(NC(=O)c1cc(Cl)c(OC)c(OC)c1)c1nccn1C. The van der Waals surface area contributed by atoms with Gasteiger partial charge in [0.25, 0.3) is 5.91 Å². The van der Waals surface area contributed by atoms with E-state index in [0.29, 0.717) is 28.6 Å². The first-order valence-electron chi connectivity index (χ1n) is 8.82. The van der Waals surface area contributed by atoms with Crippen molar-refractivity contribution >= 4 is 17.5 Å². The van der Waals surface area contributed by atoms with Gasteiger partial charge in [-0.3, -0.25) is 4.79 Å². The van der Waals surface area contributed by atoms with Crippen LogP contribution in [0, 0.1) is 0 Å². The fourth-order valence-corrected chi connectivity index (χ4v) is 3.39. The van der Waals surface area contributed by atoms with Crippen molar-refractivity contribution in [3.8, 4) is 17.2 Å². The molecule has 0 saturated carbocycles. The molecule has 1 atom stereocenters. The molecule has 2 aromatic carbocycles. The van der Waals surface area contributed by atoms with Gasteiger partial charge in [0.15, 0.2) is 11.5 Å². The summed E-state index contributed by atoms with van der Waals surface area (Å²) in [4.78, 5) is 17.5. The van der Waals surface area contributed by atoms with Crippen molar-refractivity contribution in [2.24, 2.45) is 7.05 Å². The van der Waals surface area contributed by atoms with Gasteiger partial charge in [-0.1, -0.05) is 29.8 Å². The van der Waals surface area contributed by atoms with E-state index in [0.717, 1.165) is 5.56 Å². The molecule has 29 heavy (non-hydrogen) atoms. The van der Waals surface area contributed by atoms with Crippen LogP contribution < -0.4 is 19.5 Å². The number of halogens is 1. The second-order valence-electron chi connectivity index (χ2n) is 6.24. The second kappa shape index (κ2) is 8.87. The third-order valence-electron chi connectivity index (χ3n) is 4.54. The lowest BCUT2D eigenvalue weighted by Gasteiger charge is -2.21. The van der Waals surface area contributed by atoms with Gasteiger partial charge in [0.05, 0.1) is 26.4 Å². The number of nitrogens with one attached hydrogen (secondary N) is 1. The maximum absolute atomic E-state index is 13.1. The highest BCUT2D eigenvalue weighted by molar-refractivity contribution is 6.32. The molecule has 0 aliphatic rings. The van der Waals surface area contributed by atoms with Crippen molar-refractivity contribution in [1.29, 1.82) is 0 Å². The number of amides is 1. The Labute approximate surface area is 174 Å². The molecule has 1 amide bonds. The van der Waals surface area contributed by atoms with E-state index in [1.807, 2.05) is 42.1 Å². The number of benzene rings is 2. The fraction of sp³-hybridized carbons (Fsp3) is 0.238. The first-order chi connectivity index (χ1) is 14.0. The zero-order valence-electron chi connectivity index (χ0n) is 16.6.